The Morgan fingerprint density at radius 3 is 2.71 bits per heavy atom. The number of nitrogens with zero attached hydrogens (tertiary/aromatic N) is 1. The predicted molar refractivity (Wildman–Crippen MR) is 74.0 cm³/mol. The first kappa shape index (κ1) is 13.4. The summed E-state index contributed by atoms with van der Waals surface area (Å²) in [5, 5.41) is 0. The van der Waals surface area contributed by atoms with Crippen molar-refractivity contribution in [2.45, 2.75) is 52.4 Å². The summed E-state index contributed by atoms with van der Waals surface area (Å²) in [4.78, 5) is 2.68. The second-order valence-corrected chi connectivity index (χ2v) is 6.81. The molecule has 1 saturated heterocycles. The Hall–Kier alpha value is -0.0800. The number of likely N-dealkylation sites (tertiary alicyclic amines) is 1. The van der Waals surface area contributed by atoms with Gasteiger partial charge in [-0.05, 0) is 49.6 Å². The molecule has 17 heavy (non-hydrogen) atoms. The molecule has 0 aromatic carbocycles. The lowest BCUT2D eigenvalue weighted by atomic mass is 9.80. The quantitative estimate of drug-likeness (QED) is 0.816. The van der Waals surface area contributed by atoms with Gasteiger partial charge in [0.1, 0.15) is 0 Å². The van der Waals surface area contributed by atoms with E-state index in [1.807, 2.05) is 0 Å². The van der Waals surface area contributed by atoms with Crippen LogP contribution in [0.5, 0.6) is 0 Å². The van der Waals surface area contributed by atoms with Gasteiger partial charge in [0.25, 0.3) is 0 Å². The molecule has 1 aliphatic heterocycles. The molecule has 2 N–H and O–H groups in total. The van der Waals surface area contributed by atoms with Crippen molar-refractivity contribution in [1.82, 2.24) is 4.90 Å². The second kappa shape index (κ2) is 5.71. The van der Waals surface area contributed by atoms with Crippen molar-refractivity contribution < 1.29 is 0 Å². The molecule has 0 spiro atoms. The van der Waals surface area contributed by atoms with Crippen molar-refractivity contribution in [2.75, 3.05) is 26.2 Å². The highest BCUT2D eigenvalue weighted by Gasteiger charge is 2.33. The van der Waals surface area contributed by atoms with Gasteiger partial charge in [-0.2, -0.15) is 0 Å². The van der Waals surface area contributed by atoms with Gasteiger partial charge in [0.2, 0.25) is 0 Å². The molecule has 100 valence electrons. The Bertz CT molecular complexity index is 241. The van der Waals surface area contributed by atoms with Gasteiger partial charge in [0.15, 0.2) is 0 Å². The minimum Gasteiger partial charge on any atom is -0.330 e. The highest BCUT2D eigenvalue weighted by Crippen LogP contribution is 2.34. The zero-order valence-electron chi connectivity index (χ0n) is 11.8. The molecule has 0 aromatic rings. The average molecular weight is 238 g/mol. The Morgan fingerprint density at radius 1 is 1.29 bits per heavy atom. The minimum atomic E-state index is 0.402. The maximum Gasteiger partial charge on any atom is 0.00480 e. The molecule has 3 atom stereocenters. The first-order valence-electron chi connectivity index (χ1n) is 7.57. The van der Waals surface area contributed by atoms with Crippen LogP contribution in [0.3, 0.4) is 0 Å². The number of rotatable bonds is 4. The smallest absolute Gasteiger partial charge is 0.00480 e. The van der Waals surface area contributed by atoms with E-state index in [-0.39, 0.29) is 0 Å². The molecule has 1 heterocycles. The number of hydrogen-bond donors (Lipinski definition) is 1. The van der Waals surface area contributed by atoms with Gasteiger partial charge in [-0.15, -0.1) is 0 Å². The number of hydrogen-bond acceptors (Lipinski definition) is 2. The van der Waals surface area contributed by atoms with E-state index in [0.29, 0.717) is 5.41 Å². The average Bonchev–Trinajstić information content (AvgIpc) is 2.72. The van der Waals surface area contributed by atoms with Gasteiger partial charge in [-0.25, -0.2) is 0 Å². The topological polar surface area (TPSA) is 29.3 Å². The lowest BCUT2D eigenvalue weighted by molar-refractivity contribution is 0.182. The molecule has 0 aromatic heterocycles. The third kappa shape index (κ3) is 3.45. The zero-order valence-corrected chi connectivity index (χ0v) is 11.8. The summed E-state index contributed by atoms with van der Waals surface area (Å²) in [5.74, 6) is 1.98. The van der Waals surface area contributed by atoms with E-state index in [1.54, 1.807) is 0 Å². The SMILES string of the molecule is CCC1CCCC(CN2CCC(C)(CN)C2)C1. The summed E-state index contributed by atoms with van der Waals surface area (Å²) in [5.41, 5.74) is 6.28. The van der Waals surface area contributed by atoms with Crippen molar-refractivity contribution in [2.24, 2.45) is 23.0 Å². The monoisotopic (exact) mass is 238 g/mol. The van der Waals surface area contributed by atoms with Crippen LogP contribution in [0.2, 0.25) is 0 Å². The fourth-order valence-corrected chi connectivity index (χ4v) is 3.75. The van der Waals surface area contributed by atoms with Crippen molar-refractivity contribution in [3.05, 3.63) is 0 Å². The summed E-state index contributed by atoms with van der Waals surface area (Å²) in [6.07, 6.45) is 8.57. The van der Waals surface area contributed by atoms with E-state index >= 15 is 0 Å². The van der Waals surface area contributed by atoms with Crippen LogP contribution >= 0.6 is 0 Å². The molecule has 0 radical (unpaired) electrons. The molecule has 1 aliphatic carbocycles. The van der Waals surface area contributed by atoms with Crippen molar-refractivity contribution in [3.8, 4) is 0 Å². The van der Waals surface area contributed by atoms with E-state index in [4.69, 9.17) is 5.73 Å². The van der Waals surface area contributed by atoms with Crippen LogP contribution in [-0.2, 0) is 0 Å². The molecule has 2 fully saturated rings. The molecule has 2 rings (SSSR count). The van der Waals surface area contributed by atoms with Gasteiger partial charge in [-0.1, -0.05) is 33.1 Å². The van der Waals surface area contributed by atoms with E-state index in [0.717, 1.165) is 18.4 Å². The summed E-state index contributed by atoms with van der Waals surface area (Å²) in [6, 6.07) is 0. The molecule has 2 heteroatoms. The number of nitrogens with two attached hydrogens (primary N) is 1. The van der Waals surface area contributed by atoms with Crippen LogP contribution in [-0.4, -0.2) is 31.1 Å². The largest absolute Gasteiger partial charge is 0.330 e. The summed E-state index contributed by atoms with van der Waals surface area (Å²) in [6.45, 7) is 9.41. The normalized spacial score (nSPS) is 39.7. The summed E-state index contributed by atoms with van der Waals surface area (Å²) < 4.78 is 0. The molecule has 1 saturated carbocycles. The minimum absolute atomic E-state index is 0.402. The Balaban J connectivity index is 1.78. The van der Waals surface area contributed by atoms with Gasteiger partial charge < -0.3 is 10.6 Å². The van der Waals surface area contributed by atoms with Crippen LogP contribution in [0.25, 0.3) is 0 Å². The van der Waals surface area contributed by atoms with Crippen molar-refractivity contribution in [3.63, 3.8) is 0 Å². The predicted octanol–water partition coefficient (Wildman–Crippen LogP) is 2.87. The standard InChI is InChI=1S/C15H30N2/c1-3-13-5-4-6-14(9-13)10-17-8-7-15(2,11-16)12-17/h13-14H,3-12,16H2,1-2H3. The fraction of sp³-hybridized carbons (Fsp3) is 1.00. The second-order valence-electron chi connectivity index (χ2n) is 6.81. The van der Waals surface area contributed by atoms with Crippen LogP contribution < -0.4 is 5.73 Å². The van der Waals surface area contributed by atoms with Gasteiger partial charge in [0.05, 0.1) is 0 Å². The Labute approximate surface area is 107 Å². The molecular weight excluding hydrogens is 208 g/mol. The fourth-order valence-electron chi connectivity index (χ4n) is 3.75. The maximum absolute atomic E-state index is 5.88. The van der Waals surface area contributed by atoms with Crippen LogP contribution in [0.15, 0.2) is 0 Å². The summed E-state index contributed by atoms with van der Waals surface area (Å²) in [7, 11) is 0. The van der Waals surface area contributed by atoms with E-state index < -0.39 is 0 Å². The molecule has 3 unspecified atom stereocenters. The van der Waals surface area contributed by atoms with E-state index in [9.17, 15) is 0 Å². The van der Waals surface area contributed by atoms with Crippen LogP contribution in [0, 0.1) is 17.3 Å². The zero-order chi connectivity index (χ0) is 12.3. The molecule has 2 aliphatic rings. The Kier molecular flexibility index (Phi) is 4.48. The van der Waals surface area contributed by atoms with E-state index in [1.165, 1.54) is 58.2 Å². The van der Waals surface area contributed by atoms with Gasteiger partial charge in [0, 0.05) is 13.1 Å². The van der Waals surface area contributed by atoms with Crippen molar-refractivity contribution in [1.29, 1.82) is 0 Å². The van der Waals surface area contributed by atoms with Gasteiger partial charge >= 0.3 is 0 Å². The lowest BCUT2D eigenvalue weighted by Gasteiger charge is -2.32. The Morgan fingerprint density at radius 2 is 2.06 bits per heavy atom. The molecular formula is C15H30N2. The third-order valence-electron chi connectivity index (χ3n) is 5.11. The first-order valence-corrected chi connectivity index (χ1v) is 7.57. The lowest BCUT2D eigenvalue weighted by Crippen LogP contribution is -2.34. The molecule has 2 nitrogen and oxygen atoms in total. The van der Waals surface area contributed by atoms with Gasteiger partial charge in [-0.3, -0.25) is 0 Å². The van der Waals surface area contributed by atoms with Crippen LogP contribution in [0.1, 0.15) is 52.4 Å². The van der Waals surface area contributed by atoms with E-state index in [2.05, 4.69) is 18.7 Å². The molecule has 0 bridgehead atoms. The highest BCUT2D eigenvalue weighted by molar-refractivity contribution is 4.88. The molecule has 0 amide bonds. The van der Waals surface area contributed by atoms with Crippen LogP contribution in [0.4, 0.5) is 0 Å². The first-order chi connectivity index (χ1) is 8.15. The highest BCUT2D eigenvalue weighted by atomic mass is 15.2. The maximum atomic E-state index is 5.88. The summed E-state index contributed by atoms with van der Waals surface area (Å²) >= 11 is 0. The van der Waals surface area contributed by atoms with Crippen molar-refractivity contribution >= 4 is 0 Å². The third-order valence-corrected chi connectivity index (χ3v) is 5.11.